The molecule has 0 aliphatic carbocycles. The first-order valence-corrected chi connectivity index (χ1v) is 7.65. The lowest BCUT2D eigenvalue weighted by Crippen LogP contribution is -2.33. The summed E-state index contributed by atoms with van der Waals surface area (Å²) in [5.74, 6) is 0.0392. The van der Waals surface area contributed by atoms with E-state index in [1.54, 1.807) is 12.1 Å². The van der Waals surface area contributed by atoms with Crippen LogP contribution in [0.25, 0.3) is 0 Å². The van der Waals surface area contributed by atoms with Crippen LogP contribution in [0, 0.1) is 10.1 Å². The van der Waals surface area contributed by atoms with Gasteiger partial charge in [0.25, 0.3) is 5.69 Å². The Balaban J connectivity index is 1.92. The van der Waals surface area contributed by atoms with E-state index < -0.39 is 4.92 Å². The van der Waals surface area contributed by atoms with Crippen LogP contribution in [0.1, 0.15) is 18.1 Å². The molecule has 0 saturated carbocycles. The summed E-state index contributed by atoms with van der Waals surface area (Å²) in [6.45, 7) is 3.28. The first kappa shape index (κ1) is 16.7. The summed E-state index contributed by atoms with van der Waals surface area (Å²) in [4.78, 5) is 24.4. The van der Waals surface area contributed by atoms with Gasteiger partial charge in [-0.3, -0.25) is 14.9 Å². The third-order valence-corrected chi connectivity index (χ3v) is 3.75. The maximum absolute atomic E-state index is 12.4. The van der Waals surface area contributed by atoms with Crippen LogP contribution < -0.4 is 0 Å². The number of likely N-dealkylation sites (N-methyl/N-ethyl adjacent to an activating group) is 1. The van der Waals surface area contributed by atoms with Crippen LogP contribution in [0.5, 0.6) is 0 Å². The first-order chi connectivity index (χ1) is 11.1. The molecule has 0 aromatic heterocycles. The Labute approximate surface area is 135 Å². The third-order valence-electron chi connectivity index (χ3n) is 3.75. The lowest BCUT2D eigenvalue weighted by atomic mass is 10.1. The lowest BCUT2D eigenvalue weighted by molar-refractivity contribution is -0.384. The number of carbonyl (C=O) groups is 1. The predicted molar refractivity (Wildman–Crippen MR) is 89.2 cm³/mol. The second kappa shape index (κ2) is 8.08. The van der Waals surface area contributed by atoms with E-state index in [1.807, 2.05) is 30.0 Å². The van der Waals surface area contributed by atoms with Crippen molar-refractivity contribution in [2.45, 2.75) is 19.8 Å². The maximum Gasteiger partial charge on any atom is 0.269 e. The van der Waals surface area contributed by atoms with Crippen LogP contribution in [0.2, 0.25) is 0 Å². The summed E-state index contributed by atoms with van der Waals surface area (Å²) in [5, 5.41) is 10.6. The maximum atomic E-state index is 12.4. The number of hydrogen-bond donors (Lipinski definition) is 0. The number of nitro groups is 1. The number of nitrogens with zero attached hydrogens (tertiary/aromatic N) is 2. The van der Waals surface area contributed by atoms with Crippen molar-refractivity contribution >= 4 is 11.6 Å². The number of non-ortho nitro benzene ring substituents is 1. The molecule has 0 unspecified atom stereocenters. The predicted octanol–water partition coefficient (Wildman–Crippen LogP) is 3.23. The van der Waals surface area contributed by atoms with Crippen LogP contribution in [0.4, 0.5) is 5.69 Å². The van der Waals surface area contributed by atoms with E-state index >= 15 is 0 Å². The van der Waals surface area contributed by atoms with Crippen molar-refractivity contribution in [2.24, 2.45) is 0 Å². The van der Waals surface area contributed by atoms with Crippen molar-refractivity contribution in [2.75, 3.05) is 13.1 Å². The van der Waals surface area contributed by atoms with Crippen molar-refractivity contribution in [1.29, 1.82) is 0 Å². The molecular formula is C18H20N2O3. The molecule has 2 aromatic rings. The van der Waals surface area contributed by atoms with Crippen molar-refractivity contribution < 1.29 is 9.72 Å². The van der Waals surface area contributed by atoms with Crippen molar-refractivity contribution in [3.63, 3.8) is 0 Å². The van der Waals surface area contributed by atoms with Gasteiger partial charge in [-0.15, -0.1) is 0 Å². The van der Waals surface area contributed by atoms with Gasteiger partial charge in [-0.2, -0.15) is 0 Å². The highest BCUT2D eigenvalue weighted by atomic mass is 16.6. The molecule has 5 heteroatoms. The zero-order valence-electron chi connectivity index (χ0n) is 13.1. The highest BCUT2D eigenvalue weighted by Crippen LogP contribution is 2.13. The zero-order chi connectivity index (χ0) is 16.7. The fourth-order valence-corrected chi connectivity index (χ4v) is 2.39. The number of carbonyl (C=O) groups excluding carboxylic acids is 1. The smallest absolute Gasteiger partial charge is 0.269 e. The number of amides is 1. The highest BCUT2D eigenvalue weighted by molar-refractivity contribution is 5.78. The molecule has 0 spiro atoms. The average molecular weight is 312 g/mol. The molecule has 0 radical (unpaired) electrons. The molecule has 0 atom stereocenters. The van der Waals surface area contributed by atoms with Crippen LogP contribution >= 0.6 is 0 Å². The first-order valence-electron chi connectivity index (χ1n) is 7.65. The summed E-state index contributed by atoms with van der Waals surface area (Å²) < 4.78 is 0. The summed E-state index contributed by atoms with van der Waals surface area (Å²) in [6.07, 6.45) is 1.08. The molecule has 0 bridgehead atoms. The molecule has 0 aliphatic heterocycles. The molecule has 120 valence electrons. The number of hydrogen-bond acceptors (Lipinski definition) is 3. The van der Waals surface area contributed by atoms with E-state index in [0.717, 1.165) is 12.0 Å². The van der Waals surface area contributed by atoms with Gasteiger partial charge in [-0.05, 0) is 24.5 Å². The standard InChI is InChI=1S/C18H20N2O3/c1-2-19(13-12-15-6-4-3-5-7-15)18(21)14-16-8-10-17(11-9-16)20(22)23/h3-11H,2,12-14H2,1H3. The third kappa shape index (κ3) is 4.92. The van der Waals surface area contributed by atoms with Crippen LogP contribution in [0.15, 0.2) is 54.6 Å². The fraction of sp³-hybridized carbons (Fsp3) is 0.278. The van der Waals surface area contributed by atoms with Gasteiger partial charge < -0.3 is 4.90 Å². The summed E-state index contributed by atoms with van der Waals surface area (Å²) in [6, 6.07) is 16.2. The van der Waals surface area contributed by atoms with E-state index in [0.29, 0.717) is 13.1 Å². The monoisotopic (exact) mass is 312 g/mol. The normalized spacial score (nSPS) is 10.3. The zero-order valence-corrected chi connectivity index (χ0v) is 13.1. The Bertz CT molecular complexity index is 654. The topological polar surface area (TPSA) is 63.5 Å². The van der Waals surface area contributed by atoms with Gasteiger partial charge >= 0.3 is 0 Å². The van der Waals surface area contributed by atoms with E-state index in [2.05, 4.69) is 12.1 Å². The quantitative estimate of drug-likeness (QED) is 0.582. The molecule has 0 aliphatic rings. The van der Waals surface area contributed by atoms with Gasteiger partial charge in [-0.1, -0.05) is 42.5 Å². The highest BCUT2D eigenvalue weighted by Gasteiger charge is 2.13. The van der Waals surface area contributed by atoms with Gasteiger partial charge in [0.15, 0.2) is 0 Å². The van der Waals surface area contributed by atoms with E-state index in [1.165, 1.54) is 17.7 Å². The number of rotatable bonds is 7. The number of nitro benzene ring substituents is 1. The van der Waals surface area contributed by atoms with Crippen LogP contribution in [-0.2, 0) is 17.6 Å². The van der Waals surface area contributed by atoms with Gasteiger partial charge in [0, 0.05) is 25.2 Å². The minimum absolute atomic E-state index is 0.0392. The molecule has 2 rings (SSSR count). The lowest BCUT2D eigenvalue weighted by Gasteiger charge is -2.21. The molecule has 0 heterocycles. The average Bonchev–Trinajstić information content (AvgIpc) is 2.57. The van der Waals surface area contributed by atoms with Gasteiger partial charge in [0.1, 0.15) is 0 Å². The number of benzene rings is 2. The Hall–Kier alpha value is -2.69. The largest absolute Gasteiger partial charge is 0.342 e. The van der Waals surface area contributed by atoms with Crippen LogP contribution in [-0.4, -0.2) is 28.8 Å². The van der Waals surface area contributed by atoms with Crippen molar-refractivity contribution in [1.82, 2.24) is 4.90 Å². The molecule has 1 amide bonds. The molecule has 23 heavy (non-hydrogen) atoms. The van der Waals surface area contributed by atoms with Crippen molar-refractivity contribution in [3.8, 4) is 0 Å². The minimum Gasteiger partial charge on any atom is -0.342 e. The molecule has 0 N–H and O–H groups in total. The van der Waals surface area contributed by atoms with E-state index in [4.69, 9.17) is 0 Å². The second-order valence-corrected chi connectivity index (χ2v) is 5.31. The van der Waals surface area contributed by atoms with E-state index in [9.17, 15) is 14.9 Å². The Morgan fingerprint density at radius 1 is 1.04 bits per heavy atom. The van der Waals surface area contributed by atoms with Gasteiger partial charge in [0.2, 0.25) is 5.91 Å². The molecular weight excluding hydrogens is 292 g/mol. The molecule has 5 nitrogen and oxygen atoms in total. The second-order valence-electron chi connectivity index (χ2n) is 5.31. The van der Waals surface area contributed by atoms with Gasteiger partial charge in [0.05, 0.1) is 11.3 Å². The summed E-state index contributed by atoms with van der Waals surface area (Å²) in [5.41, 5.74) is 2.03. The Morgan fingerprint density at radius 3 is 2.26 bits per heavy atom. The fourth-order valence-electron chi connectivity index (χ4n) is 2.39. The van der Waals surface area contributed by atoms with E-state index in [-0.39, 0.29) is 18.0 Å². The SMILES string of the molecule is CCN(CCc1ccccc1)C(=O)Cc1ccc([N+](=O)[O-])cc1. The van der Waals surface area contributed by atoms with Gasteiger partial charge in [-0.25, -0.2) is 0 Å². The van der Waals surface area contributed by atoms with Crippen molar-refractivity contribution in [3.05, 3.63) is 75.8 Å². The molecule has 0 fully saturated rings. The minimum atomic E-state index is -0.441. The molecule has 0 saturated heterocycles. The summed E-state index contributed by atoms with van der Waals surface area (Å²) >= 11 is 0. The van der Waals surface area contributed by atoms with Crippen LogP contribution in [0.3, 0.4) is 0 Å². The Morgan fingerprint density at radius 2 is 1.70 bits per heavy atom. The molecule has 2 aromatic carbocycles. The Kier molecular flexibility index (Phi) is 5.86. The summed E-state index contributed by atoms with van der Waals surface area (Å²) in [7, 11) is 0.